The molecule has 0 aliphatic carbocycles. The summed E-state index contributed by atoms with van der Waals surface area (Å²) < 4.78 is 4.95. The zero-order chi connectivity index (χ0) is 13.8. The molecule has 0 bridgehead atoms. The molecular weight excluding hydrogens is 266 g/mol. The Hall–Kier alpha value is -1.78. The van der Waals surface area contributed by atoms with E-state index in [4.69, 9.17) is 21.1 Å². The monoisotopic (exact) mass is 279 g/mol. The Morgan fingerprint density at radius 1 is 1.37 bits per heavy atom. The summed E-state index contributed by atoms with van der Waals surface area (Å²) >= 11 is 5.93. The van der Waals surface area contributed by atoms with E-state index in [0.29, 0.717) is 23.7 Å². The van der Waals surface area contributed by atoms with E-state index in [2.05, 4.69) is 0 Å². The van der Waals surface area contributed by atoms with Crippen molar-refractivity contribution in [2.24, 2.45) is 0 Å². The quantitative estimate of drug-likeness (QED) is 0.913. The number of carbonyl (C=O) groups is 1. The molecule has 1 N–H and O–H groups in total. The van der Waals surface area contributed by atoms with Crippen LogP contribution in [-0.4, -0.2) is 23.0 Å². The first kappa shape index (κ1) is 13.6. The van der Waals surface area contributed by atoms with Crippen molar-refractivity contribution in [2.45, 2.75) is 13.1 Å². The van der Waals surface area contributed by atoms with Crippen molar-refractivity contribution >= 4 is 17.6 Å². The third-order valence-electron chi connectivity index (χ3n) is 2.72. The molecule has 1 aromatic heterocycles. The maximum Gasteiger partial charge on any atom is 0.372 e. The molecule has 1 aromatic carbocycles. The molecule has 0 radical (unpaired) electrons. The Labute approximate surface area is 116 Å². The van der Waals surface area contributed by atoms with Crippen molar-refractivity contribution in [1.29, 1.82) is 0 Å². The van der Waals surface area contributed by atoms with Crippen LogP contribution in [0.1, 0.15) is 21.7 Å². The van der Waals surface area contributed by atoms with Gasteiger partial charge in [0.1, 0.15) is 0 Å². The Kier molecular flexibility index (Phi) is 4.24. The summed E-state index contributed by atoms with van der Waals surface area (Å²) in [5.74, 6) is -1.05. The minimum absolute atomic E-state index is 0.00190. The van der Waals surface area contributed by atoms with E-state index in [1.54, 1.807) is 6.07 Å². The average molecular weight is 280 g/mol. The summed E-state index contributed by atoms with van der Waals surface area (Å²) in [6.07, 6.45) is 1.39. The van der Waals surface area contributed by atoms with Crippen molar-refractivity contribution in [3.05, 3.63) is 58.5 Å². The number of nitrogens with zero attached hydrogens (tertiary/aromatic N) is 1. The molecule has 0 aliphatic heterocycles. The second-order valence-electron chi connectivity index (χ2n) is 4.38. The van der Waals surface area contributed by atoms with Gasteiger partial charge in [0.25, 0.3) is 0 Å². The first-order valence-electron chi connectivity index (χ1n) is 5.79. The predicted molar refractivity (Wildman–Crippen MR) is 72.3 cm³/mol. The minimum Gasteiger partial charge on any atom is -0.475 e. The van der Waals surface area contributed by atoms with Crippen molar-refractivity contribution in [1.82, 2.24) is 4.90 Å². The number of aromatic carboxylic acids is 1. The lowest BCUT2D eigenvalue weighted by Crippen LogP contribution is -2.18. The van der Waals surface area contributed by atoms with Gasteiger partial charge in [0.15, 0.2) is 0 Å². The maximum atomic E-state index is 10.9. The minimum atomic E-state index is -1.05. The molecule has 0 saturated carbocycles. The Balaban J connectivity index is 2.03. The number of carboxylic acids is 1. The summed E-state index contributed by atoms with van der Waals surface area (Å²) in [5, 5.41) is 9.66. The zero-order valence-corrected chi connectivity index (χ0v) is 11.2. The fourth-order valence-electron chi connectivity index (χ4n) is 1.94. The van der Waals surface area contributed by atoms with Crippen LogP contribution in [-0.2, 0) is 13.1 Å². The standard InChI is InChI=1S/C14H14ClNO3/c1-16(8-10-3-2-4-12(15)7-10)9-11-5-6-19-13(11)14(17)18/h2-7H,8-9H2,1H3,(H,17,18). The molecule has 4 nitrogen and oxygen atoms in total. The fraction of sp³-hybridized carbons (Fsp3) is 0.214. The lowest BCUT2D eigenvalue weighted by Gasteiger charge is -2.16. The third kappa shape index (κ3) is 3.59. The third-order valence-corrected chi connectivity index (χ3v) is 2.96. The second-order valence-corrected chi connectivity index (χ2v) is 4.82. The van der Waals surface area contributed by atoms with Gasteiger partial charge in [-0.05, 0) is 30.8 Å². The summed E-state index contributed by atoms with van der Waals surface area (Å²) in [6, 6.07) is 9.27. The van der Waals surface area contributed by atoms with Crippen LogP contribution in [0.25, 0.3) is 0 Å². The van der Waals surface area contributed by atoms with Crippen LogP contribution in [0.5, 0.6) is 0 Å². The first-order valence-corrected chi connectivity index (χ1v) is 6.16. The molecule has 0 unspecified atom stereocenters. The average Bonchev–Trinajstić information content (AvgIpc) is 2.76. The van der Waals surface area contributed by atoms with Gasteiger partial charge in [-0.25, -0.2) is 4.79 Å². The van der Waals surface area contributed by atoms with Crippen LogP contribution < -0.4 is 0 Å². The van der Waals surface area contributed by atoms with Crippen LogP contribution in [0.2, 0.25) is 5.02 Å². The number of rotatable bonds is 5. The first-order chi connectivity index (χ1) is 9.06. The van der Waals surface area contributed by atoms with E-state index in [-0.39, 0.29) is 5.76 Å². The summed E-state index contributed by atoms with van der Waals surface area (Å²) in [6.45, 7) is 1.19. The molecule has 19 heavy (non-hydrogen) atoms. The molecule has 1 heterocycles. The lowest BCUT2D eigenvalue weighted by molar-refractivity contribution is 0.0659. The SMILES string of the molecule is CN(Cc1cccc(Cl)c1)Cc1ccoc1C(=O)O. The van der Waals surface area contributed by atoms with Crippen molar-refractivity contribution in [3.8, 4) is 0 Å². The van der Waals surface area contributed by atoms with Crippen molar-refractivity contribution in [2.75, 3.05) is 7.05 Å². The number of carboxylic acid groups (broad SMARTS) is 1. The number of benzene rings is 1. The Morgan fingerprint density at radius 3 is 2.84 bits per heavy atom. The molecule has 2 aromatic rings. The van der Waals surface area contributed by atoms with E-state index >= 15 is 0 Å². The summed E-state index contributed by atoms with van der Waals surface area (Å²) in [7, 11) is 1.92. The van der Waals surface area contributed by atoms with Gasteiger partial charge >= 0.3 is 5.97 Å². The van der Waals surface area contributed by atoms with Gasteiger partial charge in [-0.1, -0.05) is 23.7 Å². The largest absolute Gasteiger partial charge is 0.475 e. The zero-order valence-electron chi connectivity index (χ0n) is 10.5. The number of hydrogen-bond acceptors (Lipinski definition) is 3. The lowest BCUT2D eigenvalue weighted by atomic mass is 10.2. The summed E-state index contributed by atoms with van der Waals surface area (Å²) in [5.41, 5.74) is 1.74. The van der Waals surface area contributed by atoms with Crippen molar-refractivity contribution in [3.63, 3.8) is 0 Å². The smallest absolute Gasteiger partial charge is 0.372 e. The van der Waals surface area contributed by atoms with Gasteiger partial charge in [-0.15, -0.1) is 0 Å². The van der Waals surface area contributed by atoms with Gasteiger partial charge in [-0.2, -0.15) is 0 Å². The molecule has 0 saturated heterocycles. The highest BCUT2D eigenvalue weighted by Crippen LogP contribution is 2.16. The van der Waals surface area contributed by atoms with E-state index in [0.717, 1.165) is 5.56 Å². The number of furan rings is 1. The van der Waals surface area contributed by atoms with Gasteiger partial charge in [0.05, 0.1) is 6.26 Å². The van der Waals surface area contributed by atoms with Crippen LogP contribution in [0.4, 0.5) is 0 Å². The molecule has 0 fully saturated rings. The highest BCUT2D eigenvalue weighted by atomic mass is 35.5. The highest BCUT2D eigenvalue weighted by molar-refractivity contribution is 6.30. The molecule has 0 amide bonds. The van der Waals surface area contributed by atoms with Crippen LogP contribution in [0, 0.1) is 0 Å². The fourth-order valence-corrected chi connectivity index (χ4v) is 2.15. The van der Waals surface area contributed by atoms with Gasteiger partial charge < -0.3 is 9.52 Å². The van der Waals surface area contributed by atoms with Crippen LogP contribution in [0.3, 0.4) is 0 Å². The van der Waals surface area contributed by atoms with E-state index in [1.807, 2.05) is 36.2 Å². The molecule has 100 valence electrons. The molecular formula is C14H14ClNO3. The molecule has 5 heteroatoms. The van der Waals surface area contributed by atoms with E-state index < -0.39 is 5.97 Å². The number of halogens is 1. The van der Waals surface area contributed by atoms with Gasteiger partial charge in [0, 0.05) is 23.7 Å². The maximum absolute atomic E-state index is 10.9. The van der Waals surface area contributed by atoms with Gasteiger partial charge in [-0.3, -0.25) is 4.90 Å². The summed E-state index contributed by atoms with van der Waals surface area (Å²) in [4.78, 5) is 12.9. The Morgan fingerprint density at radius 2 is 2.16 bits per heavy atom. The van der Waals surface area contributed by atoms with E-state index in [1.165, 1.54) is 6.26 Å². The van der Waals surface area contributed by atoms with E-state index in [9.17, 15) is 4.79 Å². The van der Waals surface area contributed by atoms with Gasteiger partial charge in [0.2, 0.25) is 5.76 Å². The highest BCUT2D eigenvalue weighted by Gasteiger charge is 2.15. The normalized spacial score (nSPS) is 10.9. The van der Waals surface area contributed by atoms with Crippen molar-refractivity contribution < 1.29 is 14.3 Å². The second kappa shape index (κ2) is 5.91. The predicted octanol–water partition coefficient (Wildman–Crippen LogP) is 3.26. The molecule has 0 aliphatic rings. The Bertz CT molecular complexity index is 580. The number of hydrogen-bond donors (Lipinski definition) is 1. The molecule has 0 spiro atoms. The molecule has 0 atom stereocenters. The van der Waals surface area contributed by atoms with Crippen LogP contribution >= 0.6 is 11.6 Å². The molecule has 2 rings (SSSR count). The topological polar surface area (TPSA) is 53.7 Å². The van der Waals surface area contributed by atoms with Crippen LogP contribution in [0.15, 0.2) is 41.0 Å².